The van der Waals surface area contributed by atoms with Gasteiger partial charge in [-0.25, -0.2) is 0 Å². The molecule has 0 aromatic carbocycles. The first-order valence-corrected chi connectivity index (χ1v) is 8.47. The van der Waals surface area contributed by atoms with Gasteiger partial charge < -0.3 is 5.73 Å². The molecule has 0 aromatic rings. The first-order chi connectivity index (χ1) is 8.56. The molecule has 2 aliphatic rings. The number of hydrogen-bond acceptors (Lipinski definition) is 3. The number of hydrogen-bond donors (Lipinski definition) is 1. The Morgan fingerprint density at radius 3 is 2.56 bits per heavy atom. The Labute approximate surface area is 124 Å². The molecule has 4 heteroatoms. The summed E-state index contributed by atoms with van der Waals surface area (Å²) >= 11 is 2.51. The molecule has 3 nitrogen and oxygen atoms in total. The zero-order valence-electron chi connectivity index (χ0n) is 11.3. The molecule has 2 N–H and O–H groups in total. The van der Waals surface area contributed by atoms with Crippen molar-refractivity contribution in [2.75, 3.05) is 13.1 Å². The van der Waals surface area contributed by atoms with Gasteiger partial charge in [0.15, 0.2) is 0 Å². The molecule has 0 radical (unpaired) electrons. The SMILES string of the molecule is CC1CCN(CC(=O)C2CCC(I)CC2)C(N)C1. The van der Waals surface area contributed by atoms with Gasteiger partial charge in [-0.3, -0.25) is 9.69 Å². The third kappa shape index (κ3) is 3.90. The molecule has 0 amide bonds. The van der Waals surface area contributed by atoms with Crippen molar-refractivity contribution in [3.63, 3.8) is 0 Å². The quantitative estimate of drug-likeness (QED) is 0.619. The molecule has 0 bridgehead atoms. The third-order valence-corrected chi connectivity index (χ3v) is 5.74. The number of carbonyl (C=O) groups excluding carboxylic acids is 1. The van der Waals surface area contributed by atoms with Crippen molar-refractivity contribution >= 4 is 28.4 Å². The van der Waals surface area contributed by atoms with Gasteiger partial charge in [0.25, 0.3) is 0 Å². The highest BCUT2D eigenvalue weighted by Gasteiger charge is 2.29. The fraction of sp³-hybridized carbons (Fsp3) is 0.929. The van der Waals surface area contributed by atoms with E-state index >= 15 is 0 Å². The van der Waals surface area contributed by atoms with E-state index in [-0.39, 0.29) is 6.17 Å². The maximum absolute atomic E-state index is 12.3. The van der Waals surface area contributed by atoms with Crippen LogP contribution in [0.3, 0.4) is 0 Å². The van der Waals surface area contributed by atoms with E-state index in [1.165, 1.54) is 19.3 Å². The average molecular weight is 364 g/mol. The second-order valence-corrected chi connectivity index (χ2v) is 7.84. The van der Waals surface area contributed by atoms with Gasteiger partial charge in [0.2, 0.25) is 0 Å². The van der Waals surface area contributed by atoms with Gasteiger partial charge in [-0.05, 0) is 44.4 Å². The van der Waals surface area contributed by atoms with Gasteiger partial charge in [-0.2, -0.15) is 0 Å². The lowest BCUT2D eigenvalue weighted by atomic mass is 9.85. The van der Waals surface area contributed by atoms with Crippen LogP contribution in [0.15, 0.2) is 0 Å². The number of nitrogens with zero attached hydrogens (tertiary/aromatic N) is 1. The molecule has 1 aliphatic carbocycles. The molecule has 1 saturated heterocycles. The van der Waals surface area contributed by atoms with Crippen LogP contribution in [0, 0.1) is 11.8 Å². The van der Waals surface area contributed by atoms with Crippen LogP contribution in [0.4, 0.5) is 0 Å². The van der Waals surface area contributed by atoms with Gasteiger partial charge in [0.05, 0.1) is 12.7 Å². The molecule has 2 atom stereocenters. The van der Waals surface area contributed by atoms with E-state index in [2.05, 4.69) is 34.4 Å². The van der Waals surface area contributed by atoms with Crippen LogP contribution in [0.2, 0.25) is 0 Å². The van der Waals surface area contributed by atoms with Crippen LogP contribution in [-0.2, 0) is 4.79 Å². The smallest absolute Gasteiger partial charge is 0.149 e. The summed E-state index contributed by atoms with van der Waals surface area (Å²) in [6, 6.07) is 0. The zero-order valence-corrected chi connectivity index (χ0v) is 13.4. The van der Waals surface area contributed by atoms with E-state index in [0.29, 0.717) is 24.2 Å². The fourth-order valence-corrected chi connectivity index (χ4v) is 3.85. The summed E-state index contributed by atoms with van der Waals surface area (Å²) in [5.74, 6) is 1.45. The van der Waals surface area contributed by atoms with Crippen LogP contribution in [0.5, 0.6) is 0 Å². The molecule has 2 rings (SSSR count). The molecule has 0 spiro atoms. The first-order valence-electron chi connectivity index (χ1n) is 7.22. The number of nitrogens with two attached hydrogens (primary N) is 1. The van der Waals surface area contributed by atoms with Gasteiger partial charge in [-0.15, -0.1) is 0 Å². The van der Waals surface area contributed by atoms with Crippen molar-refractivity contribution < 1.29 is 4.79 Å². The normalized spacial score (nSPS) is 38.6. The Hall–Kier alpha value is 0.320. The van der Waals surface area contributed by atoms with Gasteiger partial charge >= 0.3 is 0 Å². The molecular weight excluding hydrogens is 339 g/mol. The molecule has 1 heterocycles. The Morgan fingerprint density at radius 2 is 1.94 bits per heavy atom. The van der Waals surface area contributed by atoms with E-state index in [1.807, 2.05) is 0 Å². The van der Waals surface area contributed by atoms with Crippen LogP contribution in [-0.4, -0.2) is 33.9 Å². The minimum Gasteiger partial charge on any atom is -0.316 e. The molecule has 2 fully saturated rings. The number of carbonyl (C=O) groups is 1. The summed E-state index contributed by atoms with van der Waals surface area (Å²) in [6.45, 7) is 3.83. The van der Waals surface area contributed by atoms with Crippen molar-refractivity contribution in [1.82, 2.24) is 4.90 Å². The van der Waals surface area contributed by atoms with E-state index in [4.69, 9.17) is 5.73 Å². The van der Waals surface area contributed by atoms with Crippen LogP contribution < -0.4 is 5.73 Å². The fourth-order valence-electron chi connectivity index (χ4n) is 3.13. The molecule has 1 saturated carbocycles. The predicted octanol–water partition coefficient (Wildman–Crippen LogP) is 2.57. The summed E-state index contributed by atoms with van der Waals surface area (Å²) in [4.78, 5) is 14.5. The average Bonchev–Trinajstić information content (AvgIpc) is 2.33. The predicted molar refractivity (Wildman–Crippen MR) is 82.7 cm³/mol. The highest BCUT2D eigenvalue weighted by Crippen LogP contribution is 2.30. The van der Waals surface area contributed by atoms with E-state index in [0.717, 1.165) is 29.7 Å². The van der Waals surface area contributed by atoms with Gasteiger partial charge in [0, 0.05) is 16.4 Å². The number of likely N-dealkylation sites (tertiary alicyclic amines) is 1. The standard InChI is InChI=1S/C14H25IN2O/c1-10-6-7-17(14(16)8-10)9-13(18)11-2-4-12(15)5-3-11/h10-12,14H,2-9,16H2,1H3. The van der Waals surface area contributed by atoms with E-state index in [9.17, 15) is 4.79 Å². The maximum atomic E-state index is 12.3. The van der Waals surface area contributed by atoms with Crippen molar-refractivity contribution in [1.29, 1.82) is 0 Å². The molecule has 18 heavy (non-hydrogen) atoms. The van der Waals surface area contributed by atoms with Crippen LogP contribution in [0.1, 0.15) is 45.4 Å². The largest absolute Gasteiger partial charge is 0.316 e. The van der Waals surface area contributed by atoms with Crippen molar-refractivity contribution in [2.45, 2.75) is 55.5 Å². The minimum absolute atomic E-state index is 0.0959. The summed E-state index contributed by atoms with van der Waals surface area (Å²) in [6.07, 6.45) is 6.91. The Bertz CT molecular complexity index is 290. The molecule has 1 aliphatic heterocycles. The molecule has 104 valence electrons. The lowest BCUT2D eigenvalue weighted by Crippen LogP contribution is -2.50. The number of halogens is 1. The maximum Gasteiger partial charge on any atom is 0.149 e. The monoisotopic (exact) mass is 364 g/mol. The number of rotatable bonds is 3. The first kappa shape index (κ1) is 14.7. The van der Waals surface area contributed by atoms with Gasteiger partial charge in [-0.1, -0.05) is 29.5 Å². The Kier molecular flexibility index (Phi) is 5.45. The lowest BCUT2D eigenvalue weighted by molar-refractivity contribution is -0.126. The lowest BCUT2D eigenvalue weighted by Gasteiger charge is -2.36. The summed E-state index contributed by atoms with van der Waals surface area (Å²) in [7, 11) is 0. The highest BCUT2D eigenvalue weighted by atomic mass is 127. The van der Waals surface area contributed by atoms with E-state index in [1.54, 1.807) is 0 Å². The third-order valence-electron chi connectivity index (χ3n) is 4.49. The van der Waals surface area contributed by atoms with Crippen LogP contribution in [0.25, 0.3) is 0 Å². The molecular formula is C14H25IN2O. The number of Topliss-reactive ketones (excluding diaryl/α,β-unsaturated/α-hetero) is 1. The highest BCUT2D eigenvalue weighted by molar-refractivity contribution is 14.1. The second kappa shape index (κ2) is 6.66. The Morgan fingerprint density at radius 1 is 1.28 bits per heavy atom. The second-order valence-electron chi connectivity index (χ2n) is 6.08. The molecule has 0 aromatic heterocycles. The van der Waals surface area contributed by atoms with E-state index < -0.39 is 0 Å². The molecule has 2 unspecified atom stereocenters. The van der Waals surface area contributed by atoms with Crippen molar-refractivity contribution in [3.05, 3.63) is 0 Å². The van der Waals surface area contributed by atoms with Crippen molar-refractivity contribution in [3.8, 4) is 0 Å². The summed E-state index contributed by atoms with van der Waals surface area (Å²) in [5.41, 5.74) is 6.14. The summed E-state index contributed by atoms with van der Waals surface area (Å²) < 4.78 is 0.782. The minimum atomic E-state index is 0.0959. The number of ketones is 1. The number of piperidine rings is 1. The van der Waals surface area contributed by atoms with Crippen LogP contribution >= 0.6 is 22.6 Å². The topological polar surface area (TPSA) is 46.3 Å². The Balaban J connectivity index is 1.80. The summed E-state index contributed by atoms with van der Waals surface area (Å²) in [5, 5.41) is 0. The van der Waals surface area contributed by atoms with Crippen molar-refractivity contribution in [2.24, 2.45) is 17.6 Å². The zero-order chi connectivity index (χ0) is 13.1. The number of alkyl halides is 1. The van der Waals surface area contributed by atoms with Gasteiger partial charge in [0.1, 0.15) is 5.78 Å².